The van der Waals surface area contributed by atoms with E-state index in [0.29, 0.717) is 6.54 Å². The van der Waals surface area contributed by atoms with Gasteiger partial charge in [0.15, 0.2) is 0 Å². The van der Waals surface area contributed by atoms with Gasteiger partial charge in [-0.3, -0.25) is 0 Å². The highest BCUT2D eigenvalue weighted by molar-refractivity contribution is 5.74. The van der Waals surface area contributed by atoms with Crippen LogP contribution in [0.5, 0.6) is 0 Å². The van der Waals surface area contributed by atoms with Gasteiger partial charge < -0.3 is 14.8 Å². The summed E-state index contributed by atoms with van der Waals surface area (Å²) in [7, 11) is 1.97. The second-order valence-corrected chi connectivity index (χ2v) is 4.84. The topological polar surface area (TPSA) is 50.2 Å². The minimum Gasteiger partial charge on any atom is -0.338 e. The van der Waals surface area contributed by atoms with Crippen molar-refractivity contribution in [1.29, 1.82) is 0 Å². The molecule has 0 aliphatic carbocycles. The number of amides is 2. The van der Waals surface area contributed by atoms with Gasteiger partial charge in [0.05, 0.1) is 0 Å². The molecule has 100 valence electrons. The molecule has 1 aliphatic rings. The van der Waals surface area contributed by atoms with Crippen LogP contribution >= 0.6 is 0 Å². The maximum Gasteiger partial charge on any atom is 0.317 e. The number of carbonyl (C=O) groups is 1. The number of likely N-dealkylation sites (tertiary alicyclic amines) is 1. The van der Waals surface area contributed by atoms with Crippen LogP contribution < -0.4 is 5.32 Å². The number of urea groups is 1. The summed E-state index contributed by atoms with van der Waals surface area (Å²) in [5.41, 5.74) is 0. The van der Waals surface area contributed by atoms with Gasteiger partial charge in [0.2, 0.25) is 0 Å². The van der Waals surface area contributed by atoms with Crippen LogP contribution in [-0.2, 0) is 13.5 Å². The highest BCUT2D eigenvalue weighted by Crippen LogP contribution is 2.09. The first-order valence-corrected chi connectivity index (χ1v) is 6.76. The molecule has 0 spiro atoms. The van der Waals surface area contributed by atoms with Crippen molar-refractivity contribution in [3.05, 3.63) is 18.2 Å². The lowest BCUT2D eigenvalue weighted by atomic mass is 10.2. The molecule has 0 saturated carbocycles. The Balaban J connectivity index is 1.72. The van der Waals surface area contributed by atoms with E-state index in [4.69, 9.17) is 0 Å². The average molecular weight is 250 g/mol. The van der Waals surface area contributed by atoms with Crippen molar-refractivity contribution in [3.8, 4) is 0 Å². The fourth-order valence-electron chi connectivity index (χ4n) is 2.30. The van der Waals surface area contributed by atoms with E-state index in [1.807, 2.05) is 22.7 Å². The fraction of sp³-hybridized carbons (Fsp3) is 0.692. The van der Waals surface area contributed by atoms with Crippen molar-refractivity contribution in [2.45, 2.75) is 32.1 Å². The van der Waals surface area contributed by atoms with E-state index in [9.17, 15) is 4.79 Å². The lowest BCUT2D eigenvalue weighted by Crippen LogP contribution is -2.41. The maximum absolute atomic E-state index is 12.0. The normalized spacial score (nSPS) is 16.4. The van der Waals surface area contributed by atoms with Crippen molar-refractivity contribution < 1.29 is 4.79 Å². The van der Waals surface area contributed by atoms with Crippen molar-refractivity contribution in [2.24, 2.45) is 7.05 Å². The molecule has 0 aromatic carbocycles. The smallest absolute Gasteiger partial charge is 0.317 e. The van der Waals surface area contributed by atoms with Crippen LogP contribution in [0.3, 0.4) is 0 Å². The predicted molar refractivity (Wildman–Crippen MR) is 70.4 cm³/mol. The predicted octanol–water partition coefficient (Wildman–Crippen LogP) is 1.55. The van der Waals surface area contributed by atoms with Crippen LogP contribution in [0.2, 0.25) is 0 Å². The zero-order valence-electron chi connectivity index (χ0n) is 11.1. The summed E-state index contributed by atoms with van der Waals surface area (Å²) in [4.78, 5) is 18.1. The highest BCUT2D eigenvalue weighted by atomic mass is 16.2. The summed E-state index contributed by atoms with van der Waals surface area (Å²) in [6, 6.07) is 0.0751. The van der Waals surface area contributed by atoms with Gasteiger partial charge in [-0.15, -0.1) is 0 Å². The van der Waals surface area contributed by atoms with Crippen LogP contribution in [0, 0.1) is 0 Å². The molecule has 1 aromatic heterocycles. The van der Waals surface area contributed by atoms with Crippen LogP contribution in [0.25, 0.3) is 0 Å². The molecule has 1 fully saturated rings. The molecule has 1 aromatic rings. The second kappa shape index (κ2) is 6.42. The van der Waals surface area contributed by atoms with Gasteiger partial charge in [-0.05, 0) is 12.8 Å². The molecule has 0 atom stereocenters. The minimum absolute atomic E-state index is 0.0751. The van der Waals surface area contributed by atoms with Crippen LogP contribution in [-0.4, -0.2) is 40.1 Å². The van der Waals surface area contributed by atoms with Crippen LogP contribution in [0.1, 0.15) is 31.5 Å². The molecule has 1 saturated heterocycles. The van der Waals surface area contributed by atoms with E-state index in [-0.39, 0.29) is 6.03 Å². The minimum atomic E-state index is 0.0751. The Labute approximate surface area is 108 Å². The van der Waals surface area contributed by atoms with E-state index in [0.717, 1.165) is 38.2 Å². The number of hydrogen-bond acceptors (Lipinski definition) is 2. The Hall–Kier alpha value is -1.52. The highest BCUT2D eigenvalue weighted by Gasteiger charge is 2.14. The maximum atomic E-state index is 12.0. The Bertz CT molecular complexity index is 380. The third-order valence-electron chi connectivity index (χ3n) is 3.44. The molecule has 2 amide bonds. The first-order chi connectivity index (χ1) is 8.77. The summed E-state index contributed by atoms with van der Waals surface area (Å²) >= 11 is 0. The van der Waals surface area contributed by atoms with Gasteiger partial charge in [0.1, 0.15) is 5.82 Å². The number of hydrogen-bond donors (Lipinski definition) is 1. The molecule has 2 rings (SSSR count). The monoisotopic (exact) mass is 250 g/mol. The molecule has 5 nitrogen and oxygen atoms in total. The van der Waals surface area contributed by atoms with Gasteiger partial charge in [0, 0.05) is 45.5 Å². The molecule has 2 heterocycles. The van der Waals surface area contributed by atoms with E-state index in [2.05, 4.69) is 10.3 Å². The van der Waals surface area contributed by atoms with Gasteiger partial charge in [-0.1, -0.05) is 12.8 Å². The number of aromatic nitrogens is 2. The Morgan fingerprint density at radius 2 is 2.06 bits per heavy atom. The number of rotatable bonds is 3. The molecule has 0 bridgehead atoms. The molecule has 1 N–H and O–H groups in total. The Morgan fingerprint density at radius 1 is 1.33 bits per heavy atom. The molecule has 5 heteroatoms. The number of nitrogens with zero attached hydrogens (tertiary/aromatic N) is 3. The Morgan fingerprint density at radius 3 is 2.67 bits per heavy atom. The summed E-state index contributed by atoms with van der Waals surface area (Å²) in [5.74, 6) is 1.01. The zero-order chi connectivity index (χ0) is 12.8. The largest absolute Gasteiger partial charge is 0.338 e. The molecular weight excluding hydrogens is 228 g/mol. The van der Waals surface area contributed by atoms with Crippen LogP contribution in [0.4, 0.5) is 4.79 Å². The lowest BCUT2D eigenvalue weighted by Gasteiger charge is -2.20. The molecule has 18 heavy (non-hydrogen) atoms. The molecule has 1 aliphatic heterocycles. The van der Waals surface area contributed by atoms with E-state index in [1.54, 1.807) is 6.20 Å². The molecule has 0 unspecified atom stereocenters. The summed E-state index contributed by atoms with van der Waals surface area (Å²) in [5, 5.41) is 2.98. The quantitative estimate of drug-likeness (QED) is 0.885. The average Bonchev–Trinajstić information content (AvgIpc) is 2.64. The standard InChI is InChI=1S/C13H22N4O/c1-16-11-8-14-12(16)6-7-15-13(18)17-9-4-2-3-5-10-17/h8,11H,2-7,9-10H2,1H3,(H,15,18). The molecule has 0 radical (unpaired) electrons. The van der Waals surface area contributed by atoms with E-state index >= 15 is 0 Å². The van der Waals surface area contributed by atoms with Crippen molar-refractivity contribution >= 4 is 6.03 Å². The van der Waals surface area contributed by atoms with Crippen molar-refractivity contribution in [1.82, 2.24) is 19.8 Å². The van der Waals surface area contributed by atoms with Gasteiger partial charge >= 0.3 is 6.03 Å². The van der Waals surface area contributed by atoms with Gasteiger partial charge in [0.25, 0.3) is 0 Å². The second-order valence-electron chi connectivity index (χ2n) is 4.84. The van der Waals surface area contributed by atoms with Crippen LogP contribution in [0.15, 0.2) is 12.4 Å². The first kappa shape index (κ1) is 12.9. The Kier molecular flexibility index (Phi) is 4.61. The molecular formula is C13H22N4O. The third kappa shape index (κ3) is 3.48. The zero-order valence-corrected chi connectivity index (χ0v) is 11.1. The third-order valence-corrected chi connectivity index (χ3v) is 3.44. The number of imidazole rings is 1. The lowest BCUT2D eigenvalue weighted by molar-refractivity contribution is 0.200. The number of carbonyl (C=O) groups excluding carboxylic acids is 1. The first-order valence-electron chi connectivity index (χ1n) is 6.76. The van der Waals surface area contributed by atoms with E-state index in [1.165, 1.54) is 12.8 Å². The summed E-state index contributed by atoms with van der Waals surface area (Å²) < 4.78 is 1.98. The number of aryl methyl sites for hydroxylation is 1. The van der Waals surface area contributed by atoms with E-state index < -0.39 is 0 Å². The van der Waals surface area contributed by atoms with Crippen molar-refractivity contribution in [3.63, 3.8) is 0 Å². The van der Waals surface area contributed by atoms with Gasteiger partial charge in [-0.25, -0.2) is 9.78 Å². The van der Waals surface area contributed by atoms with Crippen molar-refractivity contribution in [2.75, 3.05) is 19.6 Å². The van der Waals surface area contributed by atoms with Gasteiger partial charge in [-0.2, -0.15) is 0 Å². The SMILES string of the molecule is Cn1ccnc1CCNC(=O)N1CCCCCC1. The summed E-state index contributed by atoms with van der Waals surface area (Å²) in [6.45, 7) is 2.45. The number of nitrogens with one attached hydrogen (secondary N) is 1. The summed E-state index contributed by atoms with van der Waals surface area (Å²) in [6.07, 6.45) is 9.24. The fourth-order valence-corrected chi connectivity index (χ4v) is 2.30.